The van der Waals surface area contributed by atoms with Gasteiger partial charge >= 0.3 is 0 Å². The van der Waals surface area contributed by atoms with Gasteiger partial charge in [0.05, 0.1) is 22.7 Å². The third-order valence-electron chi connectivity index (χ3n) is 6.47. The Kier molecular flexibility index (Phi) is 7.47. The molecule has 0 saturated carbocycles. The molecule has 34 heavy (non-hydrogen) atoms. The number of piperidine rings is 1. The molecule has 10 heteroatoms. The van der Waals surface area contributed by atoms with Crippen LogP contribution in [0.3, 0.4) is 0 Å². The Morgan fingerprint density at radius 3 is 2.26 bits per heavy atom. The van der Waals surface area contributed by atoms with E-state index in [1.54, 1.807) is 18.3 Å². The summed E-state index contributed by atoms with van der Waals surface area (Å²) in [5, 5.41) is 2.79. The highest BCUT2D eigenvalue weighted by Gasteiger charge is 2.26. The SMILES string of the molecule is NC(=O)C1CCCN(c2ccc(NC(=O)c3ccc(S(=O)(=O)N4CCCCCC4)cc3)cn2)C1. The number of aromatic nitrogens is 1. The first kappa shape index (κ1) is 24.2. The van der Waals surface area contributed by atoms with Crippen LogP contribution in [0.15, 0.2) is 47.5 Å². The minimum Gasteiger partial charge on any atom is -0.369 e. The summed E-state index contributed by atoms with van der Waals surface area (Å²) in [4.78, 5) is 30.8. The fraction of sp³-hybridized carbons (Fsp3) is 0.458. The van der Waals surface area contributed by atoms with Crippen LogP contribution in [0.4, 0.5) is 11.5 Å². The minimum absolute atomic E-state index is 0.180. The molecule has 1 aromatic heterocycles. The zero-order valence-corrected chi connectivity index (χ0v) is 20.0. The van der Waals surface area contributed by atoms with Gasteiger partial charge in [0.1, 0.15) is 5.82 Å². The Labute approximate surface area is 200 Å². The first-order chi connectivity index (χ1) is 16.3. The van der Waals surface area contributed by atoms with Crippen molar-refractivity contribution in [2.24, 2.45) is 11.7 Å². The molecule has 1 atom stereocenters. The summed E-state index contributed by atoms with van der Waals surface area (Å²) in [6, 6.07) is 9.59. The number of rotatable bonds is 6. The van der Waals surface area contributed by atoms with E-state index in [4.69, 9.17) is 5.73 Å². The van der Waals surface area contributed by atoms with E-state index in [1.165, 1.54) is 28.6 Å². The van der Waals surface area contributed by atoms with E-state index in [0.717, 1.165) is 50.9 Å². The highest BCUT2D eigenvalue weighted by molar-refractivity contribution is 7.89. The number of anilines is 2. The third-order valence-corrected chi connectivity index (χ3v) is 8.39. The van der Waals surface area contributed by atoms with Crippen LogP contribution in [-0.4, -0.2) is 55.7 Å². The first-order valence-corrected chi connectivity index (χ1v) is 13.2. The lowest BCUT2D eigenvalue weighted by Gasteiger charge is -2.32. The molecule has 0 aliphatic carbocycles. The molecule has 2 aliphatic heterocycles. The van der Waals surface area contributed by atoms with Crippen LogP contribution in [0.1, 0.15) is 48.9 Å². The van der Waals surface area contributed by atoms with Gasteiger partial charge in [0.2, 0.25) is 15.9 Å². The van der Waals surface area contributed by atoms with Crippen LogP contribution in [0.2, 0.25) is 0 Å². The number of carbonyl (C=O) groups excluding carboxylic acids is 2. The number of pyridine rings is 1. The van der Waals surface area contributed by atoms with Crippen molar-refractivity contribution < 1.29 is 18.0 Å². The number of nitrogens with one attached hydrogen (secondary N) is 1. The molecule has 1 aromatic carbocycles. The van der Waals surface area contributed by atoms with Gasteiger partial charge in [0, 0.05) is 31.7 Å². The van der Waals surface area contributed by atoms with Gasteiger partial charge in [0.15, 0.2) is 0 Å². The normalized spacial score (nSPS) is 19.9. The molecular weight excluding hydrogens is 454 g/mol. The maximum atomic E-state index is 12.9. The van der Waals surface area contributed by atoms with E-state index in [2.05, 4.69) is 10.3 Å². The number of primary amides is 1. The molecule has 3 heterocycles. The van der Waals surface area contributed by atoms with Crippen molar-refractivity contribution in [3.05, 3.63) is 48.2 Å². The third kappa shape index (κ3) is 5.56. The van der Waals surface area contributed by atoms with E-state index in [0.29, 0.717) is 30.9 Å². The summed E-state index contributed by atoms with van der Waals surface area (Å²) in [7, 11) is -3.55. The molecule has 1 unspecified atom stereocenters. The maximum Gasteiger partial charge on any atom is 0.255 e. The minimum atomic E-state index is -3.55. The second-order valence-corrected chi connectivity index (χ2v) is 10.8. The molecule has 4 rings (SSSR count). The van der Waals surface area contributed by atoms with Crippen molar-refractivity contribution in [3.63, 3.8) is 0 Å². The van der Waals surface area contributed by atoms with Gasteiger partial charge in [-0.2, -0.15) is 4.31 Å². The summed E-state index contributed by atoms with van der Waals surface area (Å²) in [5.41, 5.74) is 6.34. The largest absolute Gasteiger partial charge is 0.369 e. The van der Waals surface area contributed by atoms with Gasteiger partial charge in [-0.3, -0.25) is 9.59 Å². The lowest BCUT2D eigenvalue weighted by Crippen LogP contribution is -2.41. The fourth-order valence-corrected chi connectivity index (χ4v) is 5.99. The predicted molar refractivity (Wildman–Crippen MR) is 130 cm³/mol. The van der Waals surface area contributed by atoms with Crippen LogP contribution in [-0.2, 0) is 14.8 Å². The van der Waals surface area contributed by atoms with Crippen LogP contribution in [0, 0.1) is 5.92 Å². The van der Waals surface area contributed by atoms with Crippen LogP contribution in [0.25, 0.3) is 0 Å². The number of hydrogen-bond acceptors (Lipinski definition) is 6. The maximum absolute atomic E-state index is 12.9. The Balaban J connectivity index is 1.38. The number of sulfonamides is 1. The monoisotopic (exact) mass is 485 g/mol. The molecule has 3 N–H and O–H groups in total. The first-order valence-electron chi connectivity index (χ1n) is 11.8. The summed E-state index contributed by atoms with van der Waals surface area (Å²) in [6.45, 7) is 2.41. The van der Waals surface area contributed by atoms with Crippen molar-refractivity contribution >= 4 is 33.3 Å². The number of carbonyl (C=O) groups is 2. The number of amides is 2. The second kappa shape index (κ2) is 10.5. The molecule has 2 fully saturated rings. The standard InChI is InChI=1S/C24H31N5O4S/c25-23(30)19-6-5-13-28(17-19)22-12-9-20(16-26-22)27-24(31)18-7-10-21(11-8-18)34(32,33)29-14-3-1-2-4-15-29/h7-12,16,19H,1-6,13-15,17H2,(H2,25,30)(H,27,31). The highest BCUT2D eigenvalue weighted by Crippen LogP contribution is 2.23. The molecule has 0 radical (unpaired) electrons. The van der Waals surface area contributed by atoms with Crippen molar-refractivity contribution in [1.82, 2.24) is 9.29 Å². The molecule has 0 spiro atoms. The van der Waals surface area contributed by atoms with Gasteiger partial charge in [0.25, 0.3) is 5.91 Å². The Bertz CT molecular complexity index is 1110. The zero-order chi connectivity index (χ0) is 24.1. The van der Waals surface area contributed by atoms with Crippen molar-refractivity contribution in [1.29, 1.82) is 0 Å². The fourth-order valence-electron chi connectivity index (χ4n) is 4.48. The highest BCUT2D eigenvalue weighted by atomic mass is 32.2. The van der Waals surface area contributed by atoms with E-state index in [1.807, 2.05) is 4.90 Å². The molecule has 0 bridgehead atoms. The predicted octanol–water partition coefficient (Wildman–Crippen LogP) is 2.60. The lowest BCUT2D eigenvalue weighted by atomic mass is 9.97. The average molecular weight is 486 g/mol. The zero-order valence-electron chi connectivity index (χ0n) is 19.2. The number of nitrogens with zero attached hydrogens (tertiary/aromatic N) is 3. The molecule has 2 amide bonds. The number of benzene rings is 1. The quantitative estimate of drug-likeness (QED) is 0.648. The molecular formula is C24H31N5O4S. The average Bonchev–Trinajstić information content (AvgIpc) is 3.15. The van der Waals surface area contributed by atoms with Crippen LogP contribution in [0.5, 0.6) is 0 Å². The van der Waals surface area contributed by atoms with Crippen LogP contribution < -0.4 is 16.0 Å². The molecule has 2 aliphatic rings. The van der Waals surface area contributed by atoms with Gasteiger partial charge in [-0.15, -0.1) is 0 Å². The molecule has 182 valence electrons. The van der Waals surface area contributed by atoms with Gasteiger partial charge in [-0.1, -0.05) is 12.8 Å². The Morgan fingerprint density at radius 2 is 1.65 bits per heavy atom. The summed E-state index contributed by atoms with van der Waals surface area (Å²) in [6.07, 6.45) is 7.07. The topological polar surface area (TPSA) is 126 Å². The van der Waals surface area contributed by atoms with Gasteiger partial charge in [-0.25, -0.2) is 13.4 Å². The number of nitrogens with two attached hydrogens (primary N) is 1. The Morgan fingerprint density at radius 1 is 0.941 bits per heavy atom. The van der Waals surface area contributed by atoms with E-state index >= 15 is 0 Å². The van der Waals surface area contributed by atoms with Crippen molar-refractivity contribution in [2.75, 3.05) is 36.4 Å². The Hall–Kier alpha value is -2.98. The van der Waals surface area contributed by atoms with Gasteiger partial charge < -0.3 is 16.0 Å². The van der Waals surface area contributed by atoms with Crippen molar-refractivity contribution in [3.8, 4) is 0 Å². The second-order valence-electron chi connectivity index (χ2n) is 8.89. The smallest absolute Gasteiger partial charge is 0.255 e. The molecule has 2 saturated heterocycles. The van der Waals surface area contributed by atoms with Crippen LogP contribution >= 0.6 is 0 Å². The van der Waals surface area contributed by atoms with E-state index in [-0.39, 0.29) is 22.6 Å². The van der Waals surface area contributed by atoms with Gasteiger partial charge in [-0.05, 0) is 62.1 Å². The molecule has 9 nitrogen and oxygen atoms in total. The molecule has 2 aromatic rings. The number of hydrogen-bond donors (Lipinski definition) is 2. The summed E-state index contributed by atoms with van der Waals surface area (Å²) in [5.74, 6) is -0.0908. The van der Waals surface area contributed by atoms with Crippen molar-refractivity contribution in [2.45, 2.75) is 43.4 Å². The lowest BCUT2D eigenvalue weighted by molar-refractivity contribution is -0.122. The van der Waals surface area contributed by atoms with E-state index in [9.17, 15) is 18.0 Å². The van der Waals surface area contributed by atoms with E-state index < -0.39 is 10.0 Å². The summed E-state index contributed by atoms with van der Waals surface area (Å²) < 4.78 is 27.4. The summed E-state index contributed by atoms with van der Waals surface area (Å²) >= 11 is 0.